The van der Waals surface area contributed by atoms with E-state index in [-0.39, 0.29) is 12.5 Å². The summed E-state index contributed by atoms with van der Waals surface area (Å²) < 4.78 is 1.54. The van der Waals surface area contributed by atoms with Gasteiger partial charge in [0.2, 0.25) is 5.91 Å². The van der Waals surface area contributed by atoms with E-state index in [1.807, 2.05) is 13.8 Å². The lowest BCUT2D eigenvalue weighted by Crippen LogP contribution is -2.46. The van der Waals surface area contributed by atoms with Crippen LogP contribution in [-0.2, 0) is 16.6 Å². The fourth-order valence-electron chi connectivity index (χ4n) is 1.94. The highest BCUT2D eigenvalue weighted by Crippen LogP contribution is 2.12. The van der Waals surface area contributed by atoms with E-state index in [0.717, 1.165) is 0 Å². The van der Waals surface area contributed by atoms with E-state index in [2.05, 4.69) is 10.6 Å². The molecule has 0 fully saturated rings. The lowest BCUT2D eigenvalue weighted by Gasteiger charge is -2.16. The zero-order valence-corrected chi connectivity index (χ0v) is 13.5. The summed E-state index contributed by atoms with van der Waals surface area (Å²) in [7, 11) is 1.66. The molecule has 0 aliphatic heterocycles. The smallest absolute Gasteiger partial charge is 0.326 e. The Balaban J connectivity index is 2.53. The topological polar surface area (TPSA) is 100 Å². The van der Waals surface area contributed by atoms with Crippen LogP contribution in [0, 0.1) is 5.92 Å². The molecular weight excluding hydrogens is 310 g/mol. The van der Waals surface area contributed by atoms with Gasteiger partial charge in [-0.05, 0) is 18.4 Å². The van der Waals surface area contributed by atoms with Crippen molar-refractivity contribution in [1.29, 1.82) is 0 Å². The third-order valence-electron chi connectivity index (χ3n) is 2.95. The van der Waals surface area contributed by atoms with Crippen molar-refractivity contribution in [3.05, 3.63) is 23.0 Å². The van der Waals surface area contributed by atoms with Gasteiger partial charge in [-0.1, -0.05) is 25.4 Å². The Morgan fingerprint density at radius 2 is 2.00 bits per heavy atom. The maximum Gasteiger partial charge on any atom is 0.326 e. The normalized spacial score (nSPS) is 12.0. The molecular formula is C14H20ClN3O4. The second-order valence-electron chi connectivity index (χ2n) is 5.43. The number of hydrogen-bond donors (Lipinski definition) is 3. The molecule has 0 bridgehead atoms. The summed E-state index contributed by atoms with van der Waals surface area (Å²) in [4.78, 5) is 34.7. The van der Waals surface area contributed by atoms with E-state index < -0.39 is 23.8 Å². The Morgan fingerprint density at radius 1 is 1.36 bits per heavy atom. The van der Waals surface area contributed by atoms with Crippen molar-refractivity contribution >= 4 is 29.4 Å². The van der Waals surface area contributed by atoms with Crippen LogP contribution < -0.4 is 10.6 Å². The average molecular weight is 330 g/mol. The number of aliphatic carboxylic acids is 1. The zero-order chi connectivity index (χ0) is 16.9. The van der Waals surface area contributed by atoms with Crippen LogP contribution in [0.3, 0.4) is 0 Å². The second-order valence-corrected chi connectivity index (χ2v) is 5.86. The van der Waals surface area contributed by atoms with Gasteiger partial charge in [0, 0.05) is 13.2 Å². The number of hydrogen-bond acceptors (Lipinski definition) is 3. The summed E-state index contributed by atoms with van der Waals surface area (Å²) in [6, 6.07) is 0.516. The van der Waals surface area contributed by atoms with Crippen LogP contribution in [-0.4, -0.2) is 40.0 Å². The number of carboxylic acid groups (broad SMARTS) is 1. The van der Waals surface area contributed by atoms with Crippen LogP contribution in [0.2, 0.25) is 5.02 Å². The summed E-state index contributed by atoms with van der Waals surface area (Å²) in [5, 5.41) is 14.3. The van der Waals surface area contributed by atoms with Crippen molar-refractivity contribution in [2.24, 2.45) is 13.0 Å². The standard InChI is InChI=1S/C14H20ClN3O4/c1-8(2)4-10(14(21)22)17-12(19)6-16-13(20)11-5-9(15)7-18(11)3/h5,7-8,10H,4,6H2,1-3H3,(H,16,20)(H,17,19)(H,21,22)/t10-/m0/s1. The van der Waals surface area contributed by atoms with E-state index in [4.69, 9.17) is 16.7 Å². The van der Waals surface area contributed by atoms with E-state index >= 15 is 0 Å². The Morgan fingerprint density at radius 3 is 2.45 bits per heavy atom. The van der Waals surface area contributed by atoms with Crippen LogP contribution in [0.5, 0.6) is 0 Å². The largest absolute Gasteiger partial charge is 0.480 e. The quantitative estimate of drug-likeness (QED) is 0.695. The number of halogens is 1. The maximum absolute atomic E-state index is 11.9. The molecule has 1 aromatic rings. The summed E-state index contributed by atoms with van der Waals surface area (Å²) in [6.07, 6.45) is 1.89. The van der Waals surface area contributed by atoms with Crippen LogP contribution in [0.1, 0.15) is 30.8 Å². The van der Waals surface area contributed by atoms with Crippen molar-refractivity contribution in [2.75, 3.05) is 6.54 Å². The number of nitrogens with one attached hydrogen (secondary N) is 2. The molecule has 1 aromatic heterocycles. The van der Waals surface area contributed by atoms with Crippen molar-refractivity contribution < 1.29 is 19.5 Å². The first kappa shape index (κ1) is 18.0. The highest BCUT2D eigenvalue weighted by atomic mass is 35.5. The molecule has 0 aromatic carbocycles. The lowest BCUT2D eigenvalue weighted by molar-refractivity contribution is -0.142. The van der Waals surface area contributed by atoms with Crippen molar-refractivity contribution in [3.63, 3.8) is 0 Å². The number of carbonyl (C=O) groups is 3. The fraction of sp³-hybridized carbons (Fsp3) is 0.500. The fourth-order valence-corrected chi connectivity index (χ4v) is 2.19. The van der Waals surface area contributed by atoms with Gasteiger partial charge in [0.25, 0.3) is 5.91 Å². The molecule has 0 aliphatic rings. The lowest BCUT2D eigenvalue weighted by atomic mass is 10.0. The van der Waals surface area contributed by atoms with Crippen LogP contribution in [0.25, 0.3) is 0 Å². The van der Waals surface area contributed by atoms with Crippen LogP contribution in [0.15, 0.2) is 12.3 Å². The molecule has 7 nitrogen and oxygen atoms in total. The van der Waals surface area contributed by atoms with Crippen molar-refractivity contribution in [3.8, 4) is 0 Å². The zero-order valence-electron chi connectivity index (χ0n) is 12.7. The third-order valence-corrected chi connectivity index (χ3v) is 3.16. The van der Waals surface area contributed by atoms with Gasteiger partial charge in [-0.25, -0.2) is 4.79 Å². The van der Waals surface area contributed by atoms with Crippen molar-refractivity contribution in [1.82, 2.24) is 15.2 Å². The number of amides is 2. The molecule has 3 N–H and O–H groups in total. The minimum absolute atomic E-state index is 0.126. The Bertz CT molecular complexity index is 568. The number of aryl methyl sites for hydroxylation is 1. The highest BCUT2D eigenvalue weighted by molar-refractivity contribution is 6.31. The van der Waals surface area contributed by atoms with Gasteiger partial charge in [0.15, 0.2) is 0 Å². The van der Waals surface area contributed by atoms with E-state index in [1.165, 1.54) is 10.6 Å². The van der Waals surface area contributed by atoms with E-state index in [1.54, 1.807) is 13.2 Å². The molecule has 0 unspecified atom stereocenters. The van der Waals surface area contributed by atoms with E-state index in [0.29, 0.717) is 17.1 Å². The summed E-state index contributed by atoms with van der Waals surface area (Å²) in [5.74, 6) is -1.98. The number of aromatic nitrogens is 1. The second kappa shape index (κ2) is 7.84. The Kier molecular flexibility index (Phi) is 6.42. The summed E-state index contributed by atoms with van der Waals surface area (Å²) >= 11 is 5.78. The first-order chi connectivity index (χ1) is 10.2. The third kappa shape index (κ3) is 5.40. The number of carbonyl (C=O) groups excluding carboxylic acids is 2. The van der Waals surface area contributed by atoms with Gasteiger partial charge in [0.1, 0.15) is 11.7 Å². The molecule has 0 radical (unpaired) electrons. The monoisotopic (exact) mass is 329 g/mol. The SMILES string of the molecule is CC(C)C[C@H](NC(=O)CNC(=O)c1cc(Cl)cn1C)C(=O)O. The molecule has 122 valence electrons. The molecule has 0 aliphatic carbocycles. The van der Waals surface area contributed by atoms with Crippen LogP contribution >= 0.6 is 11.6 Å². The van der Waals surface area contributed by atoms with Gasteiger partial charge < -0.3 is 20.3 Å². The minimum atomic E-state index is -1.09. The molecule has 1 heterocycles. The molecule has 8 heteroatoms. The Hall–Kier alpha value is -2.02. The highest BCUT2D eigenvalue weighted by Gasteiger charge is 2.21. The molecule has 1 atom stereocenters. The maximum atomic E-state index is 11.9. The number of rotatable bonds is 7. The van der Waals surface area contributed by atoms with Gasteiger partial charge in [-0.15, -0.1) is 0 Å². The van der Waals surface area contributed by atoms with Gasteiger partial charge in [0.05, 0.1) is 11.6 Å². The number of nitrogens with zero attached hydrogens (tertiary/aromatic N) is 1. The molecule has 1 rings (SSSR count). The molecule has 0 spiro atoms. The first-order valence-corrected chi connectivity index (χ1v) is 7.20. The molecule has 22 heavy (non-hydrogen) atoms. The number of carboxylic acids is 1. The predicted octanol–water partition coefficient (Wildman–Crippen LogP) is 1.02. The summed E-state index contributed by atoms with van der Waals surface area (Å²) in [6.45, 7) is 3.43. The summed E-state index contributed by atoms with van der Waals surface area (Å²) in [5.41, 5.74) is 0.315. The van der Waals surface area contributed by atoms with Gasteiger partial charge in [-0.2, -0.15) is 0 Å². The van der Waals surface area contributed by atoms with Crippen molar-refractivity contribution in [2.45, 2.75) is 26.3 Å². The average Bonchev–Trinajstić information content (AvgIpc) is 2.73. The minimum Gasteiger partial charge on any atom is -0.480 e. The first-order valence-electron chi connectivity index (χ1n) is 6.83. The molecule has 0 saturated heterocycles. The van der Waals surface area contributed by atoms with Gasteiger partial charge >= 0.3 is 5.97 Å². The predicted molar refractivity (Wildman–Crippen MR) is 81.8 cm³/mol. The Labute approximate surface area is 133 Å². The molecule has 2 amide bonds. The molecule has 0 saturated carbocycles. The van der Waals surface area contributed by atoms with E-state index in [9.17, 15) is 14.4 Å². The van der Waals surface area contributed by atoms with Crippen LogP contribution in [0.4, 0.5) is 0 Å². The van der Waals surface area contributed by atoms with Gasteiger partial charge in [-0.3, -0.25) is 9.59 Å².